The molecule has 0 saturated heterocycles. The summed E-state index contributed by atoms with van der Waals surface area (Å²) in [6, 6.07) is 7.94. The number of aliphatic hydroxyl groups is 1. The molecule has 0 spiro atoms. The van der Waals surface area contributed by atoms with Crippen LogP contribution in [0.25, 0.3) is 0 Å². The maximum atomic E-state index is 11.5. The van der Waals surface area contributed by atoms with Gasteiger partial charge in [0, 0.05) is 13.1 Å². The lowest BCUT2D eigenvalue weighted by atomic mass is 10.1. The third kappa shape index (κ3) is 3.83. The number of alkyl halides is 1. The Bertz CT molecular complexity index is 337. The Morgan fingerprint density at radius 1 is 1.38 bits per heavy atom. The van der Waals surface area contributed by atoms with E-state index in [1.54, 1.807) is 4.90 Å². The van der Waals surface area contributed by atoms with Crippen LogP contribution in [0.1, 0.15) is 11.1 Å². The number of carbonyl (C=O) groups excluding carboxylic acids is 1. The summed E-state index contributed by atoms with van der Waals surface area (Å²) in [5.74, 6) is -0.206. The molecule has 0 aromatic heterocycles. The van der Waals surface area contributed by atoms with Gasteiger partial charge in [-0.25, -0.2) is 0 Å². The molecular formula is C12H16ClNO2. The van der Waals surface area contributed by atoms with Crippen LogP contribution in [0.15, 0.2) is 24.3 Å². The van der Waals surface area contributed by atoms with Crippen molar-refractivity contribution < 1.29 is 9.90 Å². The summed E-state index contributed by atoms with van der Waals surface area (Å²) < 4.78 is 0. The second kappa shape index (κ2) is 6.51. The van der Waals surface area contributed by atoms with Crippen LogP contribution in [0.2, 0.25) is 0 Å². The Labute approximate surface area is 101 Å². The highest BCUT2D eigenvalue weighted by atomic mass is 35.5. The highest BCUT2D eigenvalue weighted by Gasteiger charge is 2.11. The van der Waals surface area contributed by atoms with Gasteiger partial charge in [-0.1, -0.05) is 29.8 Å². The molecule has 0 fully saturated rings. The molecule has 0 heterocycles. The molecule has 0 aliphatic rings. The Balaban J connectivity index is 2.67. The molecule has 0 saturated carbocycles. The Morgan fingerprint density at radius 3 is 2.50 bits per heavy atom. The fourth-order valence-electron chi connectivity index (χ4n) is 1.41. The van der Waals surface area contributed by atoms with Crippen molar-refractivity contribution in [2.75, 3.05) is 19.0 Å². The van der Waals surface area contributed by atoms with Gasteiger partial charge in [-0.2, -0.15) is 0 Å². The van der Waals surface area contributed by atoms with E-state index in [4.69, 9.17) is 16.7 Å². The molecule has 0 unspecified atom stereocenters. The molecule has 1 aromatic rings. The fourth-order valence-corrected chi connectivity index (χ4v) is 1.58. The molecule has 0 radical (unpaired) electrons. The minimum Gasteiger partial charge on any atom is -0.395 e. The monoisotopic (exact) mass is 241 g/mol. The van der Waals surface area contributed by atoms with Crippen molar-refractivity contribution in [3.05, 3.63) is 35.4 Å². The lowest BCUT2D eigenvalue weighted by molar-refractivity contribution is -0.129. The van der Waals surface area contributed by atoms with Crippen molar-refractivity contribution in [1.82, 2.24) is 4.90 Å². The fraction of sp³-hybridized carbons (Fsp3) is 0.417. The molecule has 0 aliphatic heterocycles. The number of aryl methyl sites for hydroxylation is 1. The minimum absolute atomic E-state index is 0.0471. The van der Waals surface area contributed by atoms with E-state index in [1.807, 2.05) is 31.2 Å². The molecule has 1 N–H and O–H groups in total. The summed E-state index contributed by atoms with van der Waals surface area (Å²) in [7, 11) is 0. The van der Waals surface area contributed by atoms with E-state index >= 15 is 0 Å². The second-order valence-electron chi connectivity index (χ2n) is 3.66. The molecule has 3 nitrogen and oxygen atoms in total. The predicted octanol–water partition coefficient (Wildman–Crippen LogP) is 1.55. The number of halogens is 1. The van der Waals surface area contributed by atoms with Gasteiger partial charge in [0.2, 0.25) is 5.91 Å². The minimum atomic E-state index is -0.156. The number of hydrogen-bond donors (Lipinski definition) is 1. The van der Waals surface area contributed by atoms with Crippen molar-refractivity contribution in [3.8, 4) is 0 Å². The molecular weight excluding hydrogens is 226 g/mol. The van der Waals surface area contributed by atoms with Crippen molar-refractivity contribution in [3.63, 3.8) is 0 Å². The summed E-state index contributed by atoms with van der Waals surface area (Å²) in [5, 5.41) is 8.87. The first-order chi connectivity index (χ1) is 7.67. The molecule has 0 atom stereocenters. The third-order valence-corrected chi connectivity index (χ3v) is 2.56. The highest BCUT2D eigenvalue weighted by Crippen LogP contribution is 2.07. The first kappa shape index (κ1) is 13.0. The van der Waals surface area contributed by atoms with Crippen LogP contribution in [0.4, 0.5) is 0 Å². The molecule has 1 amide bonds. The summed E-state index contributed by atoms with van der Waals surface area (Å²) in [4.78, 5) is 13.0. The number of aliphatic hydroxyl groups excluding tert-OH is 1. The van der Waals surface area contributed by atoms with Crippen molar-refractivity contribution in [2.45, 2.75) is 13.5 Å². The average Bonchev–Trinajstić information content (AvgIpc) is 2.30. The maximum Gasteiger partial charge on any atom is 0.237 e. The largest absolute Gasteiger partial charge is 0.395 e. The average molecular weight is 242 g/mol. The van der Waals surface area contributed by atoms with E-state index in [0.29, 0.717) is 13.1 Å². The first-order valence-electron chi connectivity index (χ1n) is 5.17. The molecule has 4 heteroatoms. The van der Waals surface area contributed by atoms with Gasteiger partial charge >= 0.3 is 0 Å². The van der Waals surface area contributed by atoms with Gasteiger partial charge in [-0.15, -0.1) is 11.6 Å². The van der Waals surface area contributed by atoms with Gasteiger partial charge in [0.1, 0.15) is 5.88 Å². The topological polar surface area (TPSA) is 40.5 Å². The van der Waals surface area contributed by atoms with Crippen LogP contribution in [0.3, 0.4) is 0 Å². The lowest BCUT2D eigenvalue weighted by Crippen LogP contribution is -2.33. The van der Waals surface area contributed by atoms with E-state index in [-0.39, 0.29) is 18.4 Å². The predicted molar refractivity (Wildman–Crippen MR) is 64.4 cm³/mol. The normalized spacial score (nSPS) is 10.2. The summed E-state index contributed by atoms with van der Waals surface area (Å²) >= 11 is 5.50. The van der Waals surface area contributed by atoms with Gasteiger partial charge in [0.25, 0.3) is 0 Å². The Hall–Kier alpha value is -1.06. The smallest absolute Gasteiger partial charge is 0.237 e. The zero-order valence-electron chi connectivity index (χ0n) is 9.32. The van der Waals surface area contributed by atoms with Crippen molar-refractivity contribution in [1.29, 1.82) is 0 Å². The molecule has 0 bridgehead atoms. The number of amides is 1. The quantitative estimate of drug-likeness (QED) is 0.795. The van der Waals surface area contributed by atoms with E-state index < -0.39 is 0 Å². The van der Waals surface area contributed by atoms with Gasteiger partial charge in [0.05, 0.1) is 6.61 Å². The third-order valence-electron chi connectivity index (χ3n) is 2.33. The first-order valence-corrected chi connectivity index (χ1v) is 5.71. The van der Waals surface area contributed by atoms with Crippen LogP contribution >= 0.6 is 11.6 Å². The molecule has 1 rings (SSSR count). The standard InChI is InChI=1S/C12H16ClNO2/c1-10-2-4-11(5-3-10)9-14(6-7-15)12(16)8-13/h2-5,15H,6-9H2,1H3. The molecule has 1 aromatic carbocycles. The number of nitrogens with zero attached hydrogens (tertiary/aromatic N) is 1. The van der Waals surface area contributed by atoms with Crippen molar-refractivity contribution >= 4 is 17.5 Å². The van der Waals surface area contributed by atoms with Gasteiger partial charge in [-0.05, 0) is 12.5 Å². The zero-order chi connectivity index (χ0) is 12.0. The van der Waals surface area contributed by atoms with Crippen molar-refractivity contribution in [2.24, 2.45) is 0 Å². The summed E-state index contributed by atoms with van der Waals surface area (Å²) in [6.07, 6.45) is 0. The summed E-state index contributed by atoms with van der Waals surface area (Å²) in [6.45, 7) is 2.78. The number of rotatable bonds is 5. The number of benzene rings is 1. The summed E-state index contributed by atoms with van der Waals surface area (Å²) in [5.41, 5.74) is 2.22. The number of carbonyl (C=O) groups is 1. The van der Waals surface area contributed by atoms with E-state index in [2.05, 4.69) is 0 Å². The van der Waals surface area contributed by atoms with Crippen LogP contribution in [-0.4, -0.2) is 34.9 Å². The molecule has 16 heavy (non-hydrogen) atoms. The van der Waals surface area contributed by atoms with Gasteiger partial charge in [-0.3, -0.25) is 4.79 Å². The zero-order valence-corrected chi connectivity index (χ0v) is 10.1. The Morgan fingerprint density at radius 2 is 2.00 bits per heavy atom. The molecule has 88 valence electrons. The Kier molecular flexibility index (Phi) is 5.29. The van der Waals surface area contributed by atoms with Gasteiger partial charge < -0.3 is 10.0 Å². The van der Waals surface area contributed by atoms with Crippen LogP contribution in [0, 0.1) is 6.92 Å². The van der Waals surface area contributed by atoms with E-state index in [0.717, 1.165) is 5.56 Å². The van der Waals surface area contributed by atoms with Crippen LogP contribution < -0.4 is 0 Å². The van der Waals surface area contributed by atoms with E-state index in [9.17, 15) is 4.79 Å². The lowest BCUT2D eigenvalue weighted by Gasteiger charge is -2.20. The second-order valence-corrected chi connectivity index (χ2v) is 3.93. The SMILES string of the molecule is Cc1ccc(CN(CCO)C(=O)CCl)cc1. The van der Waals surface area contributed by atoms with Crippen LogP contribution in [0.5, 0.6) is 0 Å². The molecule has 0 aliphatic carbocycles. The number of hydrogen-bond acceptors (Lipinski definition) is 2. The maximum absolute atomic E-state index is 11.5. The van der Waals surface area contributed by atoms with E-state index in [1.165, 1.54) is 5.56 Å². The van der Waals surface area contributed by atoms with Crippen LogP contribution in [-0.2, 0) is 11.3 Å². The van der Waals surface area contributed by atoms with Gasteiger partial charge in [0.15, 0.2) is 0 Å². The highest BCUT2D eigenvalue weighted by molar-refractivity contribution is 6.27.